The number of H-pyrrole nitrogens is 1. The number of aromatic amines is 1. The lowest BCUT2D eigenvalue weighted by molar-refractivity contribution is -0.130. The van der Waals surface area contributed by atoms with Crippen LogP contribution in [0.5, 0.6) is 0 Å². The van der Waals surface area contributed by atoms with Crippen LogP contribution in [0.4, 0.5) is 5.69 Å². The molecule has 1 fully saturated rings. The van der Waals surface area contributed by atoms with Crippen molar-refractivity contribution in [2.24, 2.45) is 0 Å². The van der Waals surface area contributed by atoms with Gasteiger partial charge in [-0.05, 0) is 36.8 Å². The van der Waals surface area contributed by atoms with E-state index in [-0.39, 0.29) is 17.9 Å². The zero-order valence-electron chi connectivity index (χ0n) is 17.9. The van der Waals surface area contributed by atoms with Gasteiger partial charge >= 0.3 is 0 Å². The van der Waals surface area contributed by atoms with E-state index in [1.807, 2.05) is 59.5 Å². The number of benzene rings is 2. The molecule has 1 N–H and O–H groups in total. The number of halogens is 1. The van der Waals surface area contributed by atoms with Gasteiger partial charge in [0.15, 0.2) is 5.16 Å². The average Bonchev–Trinajstić information content (AvgIpc) is 2.81. The quantitative estimate of drug-likeness (QED) is 0.438. The van der Waals surface area contributed by atoms with Crippen LogP contribution >= 0.6 is 23.4 Å². The SMILES string of the molecule is Cc1nc(SCc2ccccc2)[nH]c(=O)c1CC(=O)N1CCN(c2ccc(Cl)cc2)CC1. The Balaban J connectivity index is 1.35. The molecule has 0 bridgehead atoms. The molecule has 166 valence electrons. The van der Waals surface area contributed by atoms with Gasteiger partial charge in [0.2, 0.25) is 5.91 Å². The molecule has 0 unspecified atom stereocenters. The van der Waals surface area contributed by atoms with Crippen molar-refractivity contribution in [1.82, 2.24) is 14.9 Å². The molecule has 32 heavy (non-hydrogen) atoms. The van der Waals surface area contributed by atoms with Gasteiger partial charge in [-0.1, -0.05) is 53.7 Å². The number of amides is 1. The standard InChI is InChI=1S/C24H25ClN4O2S/c1-17-21(23(31)27-24(26-17)32-16-18-5-3-2-4-6-18)15-22(30)29-13-11-28(12-14-29)20-9-7-19(25)8-10-20/h2-10H,11-16H2,1H3,(H,26,27,31). The molecule has 0 aliphatic carbocycles. The van der Waals surface area contributed by atoms with Crippen molar-refractivity contribution in [1.29, 1.82) is 0 Å². The minimum atomic E-state index is -0.235. The maximum absolute atomic E-state index is 12.9. The second kappa shape index (κ2) is 10.2. The lowest BCUT2D eigenvalue weighted by Crippen LogP contribution is -2.49. The molecule has 0 radical (unpaired) electrons. The van der Waals surface area contributed by atoms with Crippen molar-refractivity contribution in [2.45, 2.75) is 24.3 Å². The first-order chi connectivity index (χ1) is 15.5. The van der Waals surface area contributed by atoms with Crippen LogP contribution in [-0.2, 0) is 17.0 Å². The highest BCUT2D eigenvalue weighted by atomic mass is 35.5. The first-order valence-corrected chi connectivity index (χ1v) is 11.9. The van der Waals surface area contributed by atoms with Gasteiger partial charge in [-0.3, -0.25) is 9.59 Å². The van der Waals surface area contributed by atoms with E-state index in [1.54, 1.807) is 6.92 Å². The number of hydrogen-bond acceptors (Lipinski definition) is 5. The van der Waals surface area contributed by atoms with Gasteiger partial charge in [-0.2, -0.15) is 0 Å². The third kappa shape index (κ3) is 5.53. The highest BCUT2D eigenvalue weighted by Gasteiger charge is 2.23. The first kappa shape index (κ1) is 22.4. The summed E-state index contributed by atoms with van der Waals surface area (Å²) in [6, 6.07) is 17.8. The van der Waals surface area contributed by atoms with Crippen LogP contribution in [0.25, 0.3) is 0 Å². The van der Waals surface area contributed by atoms with Crippen molar-refractivity contribution in [3.63, 3.8) is 0 Å². The van der Waals surface area contributed by atoms with Gasteiger partial charge in [0.25, 0.3) is 5.56 Å². The van der Waals surface area contributed by atoms with Crippen molar-refractivity contribution < 1.29 is 4.79 Å². The van der Waals surface area contributed by atoms with E-state index < -0.39 is 0 Å². The molecule has 0 atom stereocenters. The summed E-state index contributed by atoms with van der Waals surface area (Å²) < 4.78 is 0. The summed E-state index contributed by atoms with van der Waals surface area (Å²) in [6.07, 6.45) is 0.0682. The van der Waals surface area contributed by atoms with Gasteiger partial charge < -0.3 is 14.8 Å². The molecule has 1 saturated heterocycles. The highest BCUT2D eigenvalue weighted by molar-refractivity contribution is 7.98. The van der Waals surface area contributed by atoms with Crippen molar-refractivity contribution in [2.75, 3.05) is 31.1 Å². The molecule has 6 nitrogen and oxygen atoms in total. The summed E-state index contributed by atoms with van der Waals surface area (Å²) in [6.45, 7) is 4.53. The Morgan fingerprint density at radius 3 is 2.41 bits per heavy atom. The monoisotopic (exact) mass is 468 g/mol. The van der Waals surface area contributed by atoms with E-state index in [0.29, 0.717) is 34.5 Å². The Kier molecular flexibility index (Phi) is 7.17. The van der Waals surface area contributed by atoms with Crippen LogP contribution in [0.3, 0.4) is 0 Å². The van der Waals surface area contributed by atoms with E-state index in [0.717, 1.165) is 30.1 Å². The third-order valence-electron chi connectivity index (χ3n) is 5.57. The molecule has 1 aliphatic rings. The van der Waals surface area contributed by atoms with Gasteiger partial charge in [-0.15, -0.1) is 0 Å². The molecule has 2 aromatic carbocycles. The Morgan fingerprint density at radius 2 is 1.75 bits per heavy atom. The number of carbonyl (C=O) groups is 1. The number of nitrogens with one attached hydrogen (secondary N) is 1. The zero-order valence-corrected chi connectivity index (χ0v) is 19.5. The van der Waals surface area contributed by atoms with Gasteiger partial charge in [0.05, 0.1) is 6.42 Å². The minimum Gasteiger partial charge on any atom is -0.368 e. The lowest BCUT2D eigenvalue weighted by atomic mass is 10.1. The molecule has 1 aliphatic heterocycles. The number of carbonyl (C=O) groups excluding carboxylic acids is 1. The number of aromatic nitrogens is 2. The molecule has 2 heterocycles. The predicted octanol–water partition coefficient (Wildman–Crippen LogP) is 3.92. The number of thioether (sulfide) groups is 1. The van der Waals surface area contributed by atoms with Crippen LogP contribution in [-0.4, -0.2) is 47.0 Å². The van der Waals surface area contributed by atoms with Crippen LogP contribution in [0.1, 0.15) is 16.8 Å². The van der Waals surface area contributed by atoms with E-state index in [4.69, 9.17) is 11.6 Å². The summed E-state index contributed by atoms with van der Waals surface area (Å²) >= 11 is 7.45. The fourth-order valence-corrected chi connectivity index (χ4v) is 4.70. The topological polar surface area (TPSA) is 69.3 Å². The predicted molar refractivity (Wildman–Crippen MR) is 130 cm³/mol. The van der Waals surface area contributed by atoms with Gasteiger partial charge in [0.1, 0.15) is 0 Å². The van der Waals surface area contributed by atoms with E-state index in [9.17, 15) is 9.59 Å². The number of piperazine rings is 1. The molecule has 0 saturated carbocycles. The van der Waals surface area contributed by atoms with Crippen LogP contribution < -0.4 is 10.5 Å². The minimum absolute atomic E-state index is 0.0409. The van der Waals surface area contributed by atoms with Crippen LogP contribution in [0.2, 0.25) is 5.02 Å². The summed E-state index contributed by atoms with van der Waals surface area (Å²) in [5.41, 5.74) is 3.08. The number of aryl methyl sites for hydroxylation is 1. The number of anilines is 1. The third-order valence-corrected chi connectivity index (χ3v) is 6.77. The molecule has 1 amide bonds. The molecule has 3 aromatic rings. The summed E-state index contributed by atoms with van der Waals surface area (Å²) in [5.74, 6) is 0.681. The maximum Gasteiger partial charge on any atom is 0.255 e. The van der Waals surface area contributed by atoms with Gasteiger partial charge in [0, 0.05) is 53.9 Å². The van der Waals surface area contributed by atoms with Crippen molar-refractivity contribution in [3.05, 3.63) is 86.8 Å². The molecular weight excluding hydrogens is 444 g/mol. The number of rotatable bonds is 6. The average molecular weight is 469 g/mol. The zero-order chi connectivity index (χ0) is 22.5. The fourth-order valence-electron chi connectivity index (χ4n) is 3.72. The van der Waals surface area contributed by atoms with E-state index in [2.05, 4.69) is 14.9 Å². The highest BCUT2D eigenvalue weighted by Crippen LogP contribution is 2.21. The van der Waals surface area contributed by atoms with Crippen molar-refractivity contribution in [3.8, 4) is 0 Å². The largest absolute Gasteiger partial charge is 0.368 e. The van der Waals surface area contributed by atoms with Crippen LogP contribution in [0, 0.1) is 6.92 Å². The van der Waals surface area contributed by atoms with E-state index in [1.165, 1.54) is 11.8 Å². The second-order valence-corrected chi connectivity index (χ2v) is 9.13. The fraction of sp³-hybridized carbons (Fsp3) is 0.292. The first-order valence-electron chi connectivity index (χ1n) is 10.5. The summed E-state index contributed by atoms with van der Waals surface area (Å²) in [5, 5.41) is 1.28. The van der Waals surface area contributed by atoms with Crippen LogP contribution in [0.15, 0.2) is 64.5 Å². The Morgan fingerprint density at radius 1 is 1.06 bits per heavy atom. The van der Waals surface area contributed by atoms with Gasteiger partial charge in [-0.25, -0.2) is 4.98 Å². The Bertz CT molecular complexity index is 1130. The molecule has 8 heteroatoms. The summed E-state index contributed by atoms with van der Waals surface area (Å²) in [4.78, 5) is 36.9. The number of nitrogens with zero attached hydrogens (tertiary/aromatic N) is 3. The molecule has 1 aromatic heterocycles. The summed E-state index contributed by atoms with van der Waals surface area (Å²) in [7, 11) is 0. The molecule has 0 spiro atoms. The lowest BCUT2D eigenvalue weighted by Gasteiger charge is -2.36. The molecule has 4 rings (SSSR count). The maximum atomic E-state index is 12.9. The Hall–Kier alpha value is -2.77. The van der Waals surface area contributed by atoms with E-state index >= 15 is 0 Å². The second-order valence-electron chi connectivity index (χ2n) is 7.73. The van der Waals surface area contributed by atoms with Crippen molar-refractivity contribution >= 4 is 35.0 Å². The number of hydrogen-bond donors (Lipinski definition) is 1. The smallest absolute Gasteiger partial charge is 0.255 e. The normalized spacial score (nSPS) is 13.9. The Labute approximate surface area is 196 Å². The molecular formula is C24H25ClN4O2S.